The van der Waals surface area contributed by atoms with Gasteiger partial charge in [0, 0.05) is 13.7 Å². The highest BCUT2D eigenvalue weighted by Crippen LogP contribution is 2.35. The zero-order valence-electron chi connectivity index (χ0n) is 13.4. The molecule has 0 unspecified atom stereocenters. The van der Waals surface area contributed by atoms with Crippen molar-refractivity contribution in [1.82, 2.24) is 9.97 Å². The van der Waals surface area contributed by atoms with Crippen molar-refractivity contribution in [2.45, 2.75) is 59.0 Å². The molecule has 4 nitrogen and oxygen atoms in total. The molecule has 0 saturated carbocycles. The summed E-state index contributed by atoms with van der Waals surface area (Å²) < 4.78 is 6.72. The second kappa shape index (κ2) is 7.36. The normalized spacial score (nSPS) is 12.0. The van der Waals surface area contributed by atoms with Crippen LogP contribution < -0.4 is 5.32 Å². The summed E-state index contributed by atoms with van der Waals surface area (Å²) in [5, 5.41) is 3.30. The smallest absolute Gasteiger partial charge is 0.162 e. The summed E-state index contributed by atoms with van der Waals surface area (Å²) in [5.74, 6) is 1.95. The Bertz CT molecular complexity index is 437. The molecule has 0 aliphatic carbocycles. The van der Waals surface area contributed by atoms with Crippen LogP contribution in [0.3, 0.4) is 0 Å². The van der Waals surface area contributed by atoms with E-state index < -0.39 is 5.60 Å². The Morgan fingerprint density at radius 3 is 2.20 bits per heavy atom. The Labute approximate surface area is 130 Å². The van der Waals surface area contributed by atoms with Crippen molar-refractivity contribution in [3.8, 4) is 0 Å². The van der Waals surface area contributed by atoms with Crippen molar-refractivity contribution in [3.05, 3.63) is 16.0 Å². The minimum atomic E-state index is -0.408. The average Bonchev–Trinajstić information content (AvgIpc) is 2.44. The molecule has 5 heteroatoms. The molecule has 0 amide bonds. The third-order valence-corrected chi connectivity index (χ3v) is 4.49. The molecule has 0 aromatic carbocycles. The molecule has 0 saturated heterocycles. The van der Waals surface area contributed by atoms with Gasteiger partial charge in [-0.05, 0) is 41.6 Å². The molecule has 1 rings (SSSR count). The molecule has 0 aliphatic rings. The van der Waals surface area contributed by atoms with Gasteiger partial charge in [-0.2, -0.15) is 0 Å². The van der Waals surface area contributed by atoms with Crippen LogP contribution in [-0.2, 0) is 10.3 Å². The first-order chi connectivity index (χ1) is 9.45. The van der Waals surface area contributed by atoms with Crippen molar-refractivity contribution in [3.63, 3.8) is 0 Å². The molecule has 1 heterocycles. The first-order valence-corrected chi connectivity index (χ1v) is 8.11. The standard InChI is InChI=1S/C15H26BrN3O/c1-7-15(8-2,20-6)14-18-12(10(4)5)11(16)13(19-14)17-9-3/h10H,7-9H2,1-6H3,(H,17,18,19). The number of halogens is 1. The van der Waals surface area contributed by atoms with Crippen LogP contribution in [0.2, 0.25) is 0 Å². The van der Waals surface area contributed by atoms with Gasteiger partial charge in [0.25, 0.3) is 0 Å². The molecule has 1 aromatic rings. The lowest BCUT2D eigenvalue weighted by molar-refractivity contribution is -0.0292. The predicted octanol–water partition coefficient (Wildman–Crippen LogP) is 4.46. The highest BCUT2D eigenvalue weighted by atomic mass is 79.9. The van der Waals surface area contributed by atoms with Crippen LogP contribution in [0.1, 0.15) is 64.9 Å². The van der Waals surface area contributed by atoms with E-state index in [1.165, 1.54) is 0 Å². The van der Waals surface area contributed by atoms with Crippen LogP contribution in [0.15, 0.2) is 4.47 Å². The Morgan fingerprint density at radius 2 is 1.80 bits per heavy atom. The first kappa shape index (κ1) is 17.4. The van der Waals surface area contributed by atoms with Gasteiger partial charge in [0.2, 0.25) is 0 Å². The molecule has 0 atom stereocenters. The monoisotopic (exact) mass is 343 g/mol. The van der Waals surface area contributed by atoms with E-state index in [1.54, 1.807) is 7.11 Å². The summed E-state index contributed by atoms with van der Waals surface area (Å²) in [5.41, 5.74) is 0.614. The largest absolute Gasteiger partial charge is 0.370 e. The number of hydrogen-bond donors (Lipinski definition) is 1. The lowest BCUT2D eigenvalue weighted by Gasteiger charge is -2.30. The quantitative estimate of drug-likeness (QED) is 0.793. The lowest BCUT2D eigenvalue weighted by atomic mass is 9.95. The van der Waals surface area contributed by atoms with Crippen molar-refractivity contribution >= 4 is 21.7 Å². The number of nitrogens with zero attached hydrogens (tertiary/aromatic N) is 2. The third kappa shape index (κ3) is 3.31. The van der Waals surface area contributed by atoms with E-state index in [0.29, 0.717) is 5.92 Å². The van der Waals surface area contributed by atoms with Crippen molar-refractivity contribution in [2.75, 3.05) is 19.0 Å². The van der Waals surface area contributed by atoms with Crippen molar-refractivity contribution in [2.24, 2.45) is 0 Å². The summed E-state index contributed by atoms with van der Waals surface area (Å²) in [4.78, 5) is 9.47. The number of hydrogen-bond acceptors (Lipinski definition) is 4. The van der Waals surface area contributed by atoms with Gasteiger partial charge in [0.05, 0.1) is 10.2 Å². The van der Waals surface area contributed by atoms with Crippen LogP contribution in [0.4, 0.5) is 5.82 Å². The second-order valence-corrected chi connectivity index (χ2v) is 5.98. The maximum absolute atomic E-state index is 5.76. The van der Waals surface area contributed by atoms with Crippen LogP contribution in [-0.4, -0.2) is 23.6 Å². The van der Waals surface area contributed by atoms with Crippen LogP contribution in [0.25, 0.3) is 0 Å². The number of nitrogens with one attached hydrogen (secondary N) is 1. The van der Waals surface area contributed by atoms with Gasteiger partial charge in [0.1, 0.15) is 11.4 Å². The Kier molecular flexibility index (Phi) is 6.40. The number of anilines is 1. The maximum atomic E-state index is 5.76. The van der Waals surface area contributed by atoms with Gasteiger partial charge in [-0.1, -0.05) is 27.7 Å². The van der Waals surface area contributed by atoms with Gasteiger partial charge in [-0.15, -0.1) is 0 Å². The van der Waals surface area contributed by atoms with Gasteiger partial charge in [-0.25, -0.2) is 9.97 Å². The fourth-order valence-electron chi connectivity index (χ4n) is 2.28. The van der Waals surface area contributed by atoms with E-state index in [2.05, 4.69) is 55.9 Å². The van der Waals surface area contributed by atoms with Gasteiger partial charge < -0.3 is 10.1 Å². The van der Waals surface area contributed by atoms with Crippen LogP contribution in [0, 0.1) is 0 Å². The molecule has 0 radical (unpaired) electrons. The topological polar surface area (TPSA) is 47.0 Å². The van der Waals surface area contributed by atoms with E-state index >= 15 is 0 Å². The molecule has 0 fully saturated rings. The van der Waals surface area contributed by atoms with Gasteiger partial charge >= 0.3 is 0 Å². The van der Waals surface area contributed by atoms with Crippen molar-refractivity contribution < 1.29 is 4.74 Å². The fraction of sp³-hybridized carbons (Fsp3) is 0.733. The van der Waals surface area contributed by atoms with E-state index in [0.717, 1.165) is 41.2 Å². The minimum Gasteiger partial charge on any atom is -0.370 e. The minimum absolute atomic E-state index is 0.326. The molecule has 1 aromatic heterocycles. The second-order valence-electron chi connectivity index (χ2n) is 5.19. The predicted molar refractivity (Wildman–Crippen MR) is 87.3 cm³/mol. The molecule has 0 bridgehead atoms. The molecule has 114 valence electrons. The molecular formula is C15H26BrN3O. The summed E-state index contributed by atoms with van der Waals surface area (Å²) in [6.45, 7) is 11.4. The molecule has 1 N–H and O–H groups in total. The number of aromatic nitrogens is 2. The van der Waals surface area contributed by atoms with Gasteiger partial charge in [0.15, 0.2) is 5.82 Å². The summed E-state index contributed by atoms with van der Waals surface area (Å²) in [6.07, 6.45) is 1.70. The fourth-order valence-corrected chi connectivity index (χ4v) is 3.06. The zero-order chi connectivity index (χ0) is 15.3. The van der Waals surface area contributed by atoms with Gasteiger partial charge in [-0.3, -0.25) is 0 Å². The highest BCUT2D eigenvalue weighted by molar-refractivity contribution is 9.10. The van der Waals surface area contributed by atoms with Crippen molar-refractivity contribution in [1.29, 1.82) is 0 Å². The Balaban J connectivity index is 3.47. The van der Waals surface area contributed by atoms with E-state index in [-0.39, 0.29) is 0 Å². The molecule has 0 aliphatic heterocycles. The molecule has 0 spiro atoms. The lowest BCUT2D eigenvalue weighted by Crippen LogP contribution is -2.30. The molecule has 20 heavy (non-hydrogen) atoms. The Morgan fingerprint density at radius 1 is 1.20 bits per heavy atom. The van der Waals surface area contributed by atoms with Crippen LogP contribution >= 0.6 is 15.9 Å². The molecular weight excluding hydrogens is 318 g/mol. The van der Waals surface area contributed by atoms with E-state index in [4.69, 9.17) is 14.7 Å². The SMILES string of the molecule is CCNc1nc(C(CC)(CC)OC)nc(C(C)C)c1Br. The summed E-state index contributed by atoms with van der Waals surface area (Å²) >= 11 is 3.62. The zero-order valence-corrected chi connectivity index (χ0v) is 15.0. The number of ether oxygens (including phenoxy) is 1. The van der Waals surface area contributed by atoms with Crippen LogP contribution in [0.5, 0.6) is 0 Å². The summed E-state index contributed by atoms with van der Waals surface area (Å²) in [6, 6.07) is 0. The first-order valence-electron chi connectivity index (χ1n) is 7.32. The Hall–Kier alpha value is -0.680. The number of rotatable bonds is 7. The summed E-state index contributed by atoms with van der Waals surface area (Å²) in [7, 11) is 1.74. The number of methoxy groups -OCH3 is 1. The third-order valence-electron chi connectivity index (χ3n) is 3.71. The average molecular weight is 344 g/mol. The highest BCUT2D eigenvalue weighted by Gasteiger charge is 2.33. The van der Waals surface area contributed by atoms with E-state index in [1.807, 2.05) is 0 Å². The van der Waals surface area contributed by atoms with E-state index in [9.17, 15) is 0 Å². The maximum Gasteiger partial charge on any atom is 0.162 e.